The number of rotatable bonds is 1. The van der Waals surface area contributed by atoms with Crippen molar-refractivity contribution in [3.8, 4) is 0 Å². The van der Waals surface area contributed by atoms with Gasteiger partial charge in [-0.2, -0.15) is 10.1 Å². The summed E-state index contributed by atoms with van der Waals surface area (Å²) >= 11 is 0. The topological polar surface area (TPSA) is 58.6 Å². The van der Waals surface area contributed by atoms with Crippen LogP contribution >= 0.6 is 0 Å². The van der Waals surface area contributed by atoms with Gasteiger partial charge in [0, 0.05) is 5.92 Å². The zero-order valence-corrected chi connectivity index (χ0v) is 8.91. The fraction of sp³-hybridized carbons (Fsp3) is 0.727. The van der Waals surface area contributed by atoms with Crippen molar-refractivity contribution in [1.29, 1.82) is 0 Å². The lowest BCUT2D eigenvalue weighted by atomic mass is 9.89. The molecule has 1 aromatic heterocycles. The zero-order chi connectivity index (χ0) is 10.5. The van der Waals surface area contributed by atoms with Crippen LogP contribution < -0.4 is 5.69 Å². The molecule has 1 aliphatic carbocycles. The van der Waals surface area contributed by atoms with Gasteiger partial charge in [-0.1, -0.05) is 32.1 Å². The first-order valence-electron chi connectivity index (χ1n) is 5.78. The molecule has 0 aliphatic heterocycles. The van der Waals surface area contributed by atoms with Crippen LogP contribution in [0.4, 0.5) is 0 Å². The summed E-state index contributed by atoms with van der Waals surface area (Å²) < 4.78 is 0. The van der Waals surface area contributed by atoms with Gasteiger partial charge in [0.1, 0.15) is 0 Å². The normalized spacial score (nSPS) is 19.5. The summed E-state index contributed by atoms with van der Waals surface area (Å²) in [6.07, 6.45) is 10.5. The third kappa shape index (κ3) is 2.88. The molecule has 82 valence electrons. The van der Waals surface area contributed by atoms with Crippen LogP contribution in [0.1, 0.15) is 56.6 Å². The van der Waals surface area contributed by atoms with Crippen molar-refractivity contribution in [1.82, 2.24) is 15.2 Å². The van der Waals surface area contributed by atoms with Gasteiger partial charge in [0.25, 0.3) is 0 Å². The maximum Gasteiger partial charge on any atom is 0.361 e. The minimum Gasteiger partial charge on any atom is -0.244 e. The molecule has 4 heteroatoms. The molecule has 0 aromatic carbocycles. The molecule has 1 saturated carbocycles. The molecule has 1 N–H and O–H groups in total. The second-order valence-electron chi connectivity index (χ2n) is 4.25. The Bertz CT molecular complexity index is 353. The maximum atomic E-state index is 11.1. The standard InChI is InChI=1S/C11H17N3O/c15-11-13-10(8-12-14-11)9-6-4-2-1-3-5-7-9/h8-9H,1-7H2,(H,13,14,15). The molecule has 2 rings (SSSR count). The molecule has 1 fully saturated rings. The van der Waals surface area contributed by atoms with Crippen LogP contribution in [0.5, 0.6) is 0 Å². The van der Waals surface area contributed by atoms with Crippen LogP contribution in [-0.2, 0) is 0 Å². The monoisotopic (exact) mass is 207 g/mol. The smallest absolute Gasteiger partial charge is 0.244 e. The minimum atomic E-state index is -0.324. The quantitative estimate of drug-likeness (QED) is 0.766. The molecule has 0 amide bonds. The molecule has 4 nitrogen and oxygen atoms in total. The predicted octanol–water partition coefficient (Wildman–Crippen LogP) is 1.99. The van der Waals surface area contributed by atoms with E-state index in [0.29, 0.717) is 5.92 Å². The summed E-state index contributed by atoms with van der Waals surface area (Å²) in [6, 6.07) is 0. The molecule has 0 atom stereocenters. The highest BCUT2D eigenvalue weighted by molar-refractivity contribution is 5.01. The Morgan fingerprint density at radius 3 is 2.47 bits per heavy atom. The van der Waals surface area contributed by atoms with Gasteiger partial charge in [-0.25, -0.2) is 9.89 Å². The van der Waals surface area contributed by atoms with Crippen LogP contribution in [0, 0.1) is 0 Å². The van der Waals surface area contributed by atoms with Crippen molar-refractivity contribution in [3.63, 3.8) is 0 Å². The van der Waals surface area contributed by atoms with Crippen LogP contribution in [-0.4, -0.2) is 15.2 Å². The molecule has 1 aromatic rings. The van der Waals surface area contributed by atoms with E-state index in [2.05, 4.69) is 15.2 Å². The van der Waals surface area contributed by atoms with E-state index in [4.69, 9.17) is 0 Å². The van der Waals surface area contributed by atoms with Gasteiger partial charge in [0.05, 0.1) is 11.9 Å². The van der Waals surface area contributed by atoms with E-state index in [-0.39, 0.29) is 5.69 Å². The Morgan fingerprint density at radius 1 is 1.13 bits per heavy atom. The fourth-order valence-electron chi connectivity index (χ4n) is 2.27. The zero-order valence-electron chi connectivity index (χ0n) is 8.91. The highest BCUT2D eigenvalue weighted by atomic mass is 16.1. The second kappa shape index (κ2) is 5.05. The molecule has 0 spiro atoms. The summed E-state index contributed by atoms with van der Waals surface area (Å²) in [5, 5.41) is 6.14. The van der Waals surface area contributed by atoms with E-state index in [1.54, 1.807) is 6.20 Å². The molecule has 0 unspecified atom stereocenters. The van der Waals surface area contributed by atoms with Crippen LogP contribution in [0.15, 0.2) is 11.0 Å². The molecule has 0 radical (unpaired) electrons. The third-order valence-electron chi connectivity index (χ3n) is 3.11. The molecular weight excluding hydrogens is 190 g/mol. The summed E-state index contributed by atoms with van der Waals surface area (Å²) in [7, 11) is 0. The minimum absolute atomic E-state index is 0.324. The summed E-state index contributed by atoms with van der Waals surface area (Å²) in [6.45, 7) is 0. The predicted molar refractivity (Wildman–Crippen MR) is 57.7 cm³/mol. The van der Waals surface area contributed by atoms with Crippen molar-refractivity contribution in [2.75, 3.05) is 0 Å². The van der Waals surface area contributed by atoms with E-state index in [1.807, 2.05) is 0 Å². The molecule has 1 aliphatic rings. The first kappa shape index (κ1) is 10.3. The Balaban J connectivity index is 2.10. The number of hydrogen-bond donors (Lipinski definition) is 1. The van der Waals surface area contributed by atoms with Crippen molar-refractivity contribution in [2.45, 2.75) is 50.9 Å². The first-order valence-corrected chi connectivity index (χ1v) is 5.78. The van der Waals surface area contributed by atoms with E-state index in [1.165, 1.54) is 32.1 Å². The number of H-pyrrole nitrogens is 1. The van der Waals surface area contributed by atoms with Crippen LogP contribution in [0.3, 0.4) is 0 Å². The lowest BCUT2D eigenvalue weighted by Gasteiger charge is -2.18. The van der Waals surface area contributed by atoms with Gasteiger partial charge in [0.15, 0.2) is 0 Å². The number of nitrogens with one attached hydrogen (secondary N) is 1. The highest BCUT2D eigenvalue weighted by Crippen LogP contribution is 2.28. The summed E-state index contributed by atoms with van der Waals surface area (Å²) in [5.41, 5.74) is 0.551. The van der Waals surface area contributed by atoms with E-state index >= 15 is 0 Å². The first-order chi connectivity index (χ1) is 7.36. The van der Waals surface area contributed by atoms with Gasteiger partial charge in [-0.05, 0) is 12.8 Å². The van der Waals surface area contributed by atoms with Gasteiger partial charge in [0.2, 0.25) is 0 Å². The lowest BCUT2D eigenvalue weighted by molar-refractivity contribution is 0.446. The molecule has 0 bridgehead atoms. The lowest BCUT2D eigenvalue weighted by Crippen LogP contribution is -2.16. The van der Waals surface area contributed by atoms with Crippen molar-refractivity contribution in [3.05, 3.63) is 22.4 Å². The molecule has 1 heterocycles. The van der Waals surface area contributed by atoms with Gasteiger partial charge >= 0.3 is 5.69 Å². The summed E-state index contributed by atoms with van der Waals surface area (Å²) in [5.74, 6) is 0.445. The SMILES string of the molecule is O=c1nc(C2CCCCCCC2)cn[nH]1. The Hall–Kier alpha value is -1.19. The van der Waals surface area contributed by atoms with Crippen molar-refractivity contribution in [2.24, 2.45) is 0 Å². The van der Waals surface area contributed by atoms with Crippen molar-refractivity contribution >= 4 is 0 Å². The Labute approximate surface area is 89.1 Å². The molecule has 0 saturated heterocycles. The molecular formula is C11H17N3O. The van der Waals surface area contributed by atoms with Crippen LogP contribution in [0.2, 0.25) is 0 Å². The number of aromatic amines is 1. The highest BCUT2D eigenvalue weighted by Gasteiger charge is 2.15. The number of nitrogens with zero attached hydrogens (tertiary/aromatic N) is 2. The molecule has 15 heavy (non-hydrogen) atoms. The Morgan fingerprint density at radius 2 is 1.80 bits per heavy atom. The second-order valence-corrected chi connectivity index (χ2v) is 4.25. The Kier molecular flexibility index (Phi) is 3.48. The number of aromatic nitrogens is 3. The third-order valence-corrected chi connectivity index (χ3v) is 3.11. The average molecular weight is 207 g/mol. The van der Waals surface area contributed by atoms with Gasteiger partial charge in [-0.15, -0.1) is 0 Å². The average Bonchev–Trinajstić information content (AvgIpc) is 2.16. The van der Waals surface area contributed by atoms with Gasteiger partial charge in [-0.3, -0.25) is 0 Å². The fourth-order valence-corrected chi connectivity index (χ4v) is 2.27. The summed E-state index contributed by atoms with van der Waals surface area (Å²) in [4.78, 5) is 15.1. The van der Waals surface area contributed by atoms with Crippen molar-refractivity contribution < 1.29 is 0 Å². The van der Waals surface area contributed by atoms with E-state index in [0.717, 1.165) is 18.5 Å². The maximum absolute atomic E-state index is 11.1. The largest absolute Gasteiger partial charge is 0.361 e. The van der Waals surface area contributed by atoms with E-state index < -0.39 is 0 Å². The van der Waals surface area contributed by atoms with E-state index in [9.17, 15) is 4.79 Å². The number of hydrogen-bond acceptors (Lipinski definition) is 3. The van der Waals surface area contributed by atoms with Crippen LogP contribution in [0.25, 0.3) is 0 Å². The van der Waals surface area contributed by atoms with Gasteiger partial charge < -0.3 is 0 Å².